The molecule has 0 aromatic heterocycles. The smallest absolute Gasteiger partial charge is 0.192 e. The number of ketones is 1. The Hall–Kier alpha value is -2.20. The fourth-order valence-corrected chi connectivity index (χ4v) is 5.28. The summed E-state index contributed by atoms with van der Waals surface area (Å²) in [5.74, 6) is -0.689. The zero-order valence-electron chi connectivity index (χ0n) is 13.8. The molecule has 1 saturated carbocycles. The van der Waals surface area contributed by atoms with Crippen molar-refractivity contribution in [3.63, 3.8) is 0 Å². The number of hydrogen-bond acceptors (Lipinski definition) is 3. The Labute approximate surface area is 142 Å². The van der Waals surface area contributed by atoms with E-state index < -0.39 is 14.6 Å². The van der Waals surface area contributed by atoms with Crippen LogP contribution < -0.4 is 0 Å². The maximum atomic E-state index is 13.2. The van der Waals surface area contributed by atoms with Gasteiger partial charge in [0, 0.05) is 11.5 Å². The first-order valence-corrected chi connectivity index (χ1v) is 9.36. The van der Waals surface area contributed by atoms with Crippen molar-refractivity contribution in [3.8, 4) is 0 Å². The highest BCUT2D eigenvalue weighted by molar-refractivity contribution is 7.94. The Morgan fingerprint density at radius 1 is 1.04 bits per heavy atom. The van der Waals surface area contributed by atoms with E-state index in [1.165, 1.54) is 0 Å². The van der Waals surface area contributed by atoms with Gasteiger partial charge < -0.3 is 0 Å². The molecule has 1 aliphatic carbocycles. The van der Waals surface area contributed by atoms with Crippen LogP contribution in [-0.4, -0.2) is 18.9 Å². The molecule has 0 heterocycles. The molecule has 0 saturated heterocycles. The van der Waals surface area contributed by atoms with Crippen molar-refractivity contribution in [1.82, 2.24) is 0 Å². The maximum Gasteiger partial charge on any atom is 0.192 e. The third-order valence-electron chi connectivity index (χ3n) is 4.76. The molecular formula is C20H20O3S. The summed E-state index contributed by atoms with van der Waals surface area (Å²) in [7, 11) is -3.78. The summed E-state index contributed by atoms with van der Waals surface area (Å²) in [4.78, 5) is 13.3. The Balaban J connectivity index is 2.09. The van der Waals surface area contributed by atoms with Gasteiger partial charge in [-0.25, -0.2) is 8.42 Å². The molecule has 2 aromatic carbocycles. The Bertz CT molecular complexity index is 893. The Kier molecular flexibility index (Phi) is 3.96. The molecule has 2 unspecified atom stereocenters. The largest absolute Gasteiger partial charge is 0.292 e. The minimum absolute atomic E-state index is 0.193. The maximum absolute atomic E-state index is 13.2. The van der Waals surface area contributed by atoms with Crippen LogP contribution in [0.25, 0.3) is 0 Å². The molecule has 0 amide bonds. The van der Waals surface area contributed by atoms with E-state index in [4.69, 9.17) is 0 Å². The Morgan fingerprint density at radius 3 is 2.00 bits per heavy atom. The van der Waals surface area contributed by atoms with Crippen LogP contribution in [0, 0.1) is 19.8 Å². The van der Waals surface area contributed by atoms with Gasteiger partial charge in [0.15, 0.2) is 15.6 Å². The van der Waals surface area contributed by atoms with E-state index in [1.807, 2.05) is 26.0 Å². The molecule has 0 N–H and O–H groups in total. The zero-order valence-corrected chi connectivity index (χ0v) is 14.6. The first-order valence-electron chi connectivity index (χ1n) is 7.88. The second kappa shape index (κ2) is 5.71. The summed E-state index contributed by atoms with van der Waals surface area (Å²) in [6.07, 6.45) is 1.87. The predicted octanol–water partition coefficient (Wildman–Crippen LogP) is 3.90. The van der Waals surface area contributed by atoms with Gasteiger partial charge >= 0.3 is 0 Å². The van der Waals surface area contributed by atoms with E-state index in [-0.39, 0.29) is 16.6 Å². The standard InChI is InChI=1S/C20H20O3S/c1-4-17-13-20(17,19(21)16-9-5-14(2)6-10-16)24(22,23)18-11-7-15(3)8-12-18/h4-12,17H,1,13H2,2-3H3. The molecule has 3 nitrogen and oxygen atoms in total. The van der Waals surface area contributed by atoms with Crippen LogP contribution >= 0.6 is 0 Å². The van der Waals surface area contributed by atoms with Gasteiger partial charge in [-0.1, -0.05) is 53.6 Å². The molecule has 124 valence electrons. The highest BCUT2D eigenvalue weighted by Crippen LogP contribution is 2.55. The number of rotatable bonds is 5. The summed E-state index contributed by atoms with van der Waals surface area (Å²) in [6, 6.07) is 13.7. The molecule has 24 heavy (non-hydrogen) atoms. The summed E-state index contributed by atoms with van der Waals surface area (Å²) >= 11 is 0. The SMILES string of the molecule is C=CC1CC1(C(=O)c1ccc(C)cc1)S(=O)(=O)c1ccc(C)cc1. The lowest BCUT2D eigenvalue weighted by Gasteiger charge is -2.17. The topological polar surface area (TPSA) is 51.2 Å². The van der Waals surface area contributed by atoms with Gasteiger partial charge in [0.1, 0.15) is 4.75 Å². The van der Waals surface area contributed by atoms with E-state index >= 15 is 0 Å². The molecule has 0 aliphatic heterocycles. The monoisotopic (exact) mass is 340 g/mol. The highest BCUT2D eigenvalue weighted by atomic mass is 32.2. The van der Waals surface area contributed by atoms with Gasteiger partial charge in [0.05, 0.1) is 4.90 Å². The van der Waals surface area contributed by atoms with Crippen molar-refractivity contribution >= 4 is 15.6 Å². The number of aryl methyl sites for hydroxylation is 2. The number of sulfone groups is 1. The summed E-state index contributed by atoms with van der Waals surface area (Å²) in [5, 5.41) is 0. The van der Waals surface area contributed by atoms with E-state index in [0.29, 0.717) is 12.0 Å². The van der Waals surface area contributed by atoms with Gasteiger partial charge in [0.2, 0.25) is 0 Å². The lowest BCUT2D eigenvalue weighted by molar-refractivity contribution is 0.0974. The number of carbonyl (C=O) groups excluding carboxylic acids is 1. The van der Waals surface area contributed by atoms with Crippen LogP contribution in [0.4, 0.5) is 0 Å². The van der Waals surface area contributed by atoms with Gasteiger partial charge in [-0.3, -0.25) is 4.79 Å². The van der Waals surface area contributed by atoms with Crippen molar-refractivity contribution in [2.24, 2.45) is 5.92 Å². The van der Waals surface area contributed by atoms with Crippen LogP contribution in [0.1, 0.15) is 27.9 Å². The van der Waals surface area contributed by atoms with Crippen LogP contribution in [0.2, 0.25) is 0 Å². The van der Waals surface area contributed by atoms with Crippen molar-refractivity contribution in [1.29, 1.82) is 0 Å². The molecule has 3 rings (SSSR count). The van der Waals surface area contributed by atoms with E-state index in [0.717, 1.165) is 11.1 Å². The Morgan fingerprint density at radius 2 is 1.54 bits per heavy atom. The van der Waals surface area contributed by atoms with Crippen LogP contribution in [0.15, 0.2) is 66.1 Å². The van der Waals surface area contributed by atoms with Crippen LogP contribution in [0.3, 0.4) is 0 Å². The van der Waals surface area contributed by atoms with Crippen LogP contribution in [-0.2, 0) is 9.84 Å². The fraction of sp³-hybridized carbons (Fsp3) is 0.250. The van der Waals surface area contributed by atoms with Crippen molar-refractivity contribution in [2.75, 3.05) is 0 Å². The minimum atomic E-state index is -3.78. The number of allylic oxidation sites excluding steroid dienone is 1. The molecule has 2 atom stereocenters. The average molecular weight is 340 g/mol. The lowest BCUT2D eigenvalue weighted by Crippen LogP contribution is -2.35. The lowest BCUT2D eigenvalue weighted by atomic mass is 10.0. The first-order chi connectivity index (χ1) is 11.3. The number of benzene rings is 2. The molecule has 0 radical (unpaired) electrons. The number of Topliss-reactive ketones (excluding diaryl/α,β-unsaturated/α-hetero) is 1. The molecule has 0 bridgehead atoms. The summed E-state index contributed by atoms with van der Waals surface area (Å²) < 4.78 is 25.0. The number of carbonyl (C=O) groups is 1. The summed E-state index contributed by atoms with van der Waals surface area (Å²) in [6.45, 7) is 7.54. The third kappa shape index (κ3) is 2.42. The normalized spacial score (nSPS) is 22.8. The molecule has 0 spiro atoms. The van der Waals surface area contributed by atoms with Crippen molar-refractivity contribution in [2.45, 2.75) is 29.9 Å². The summed E-state index contributed by atoms with van der Waals surface area (Å²) in [5.41, 5.74) is 2.43. The van der Waals surface area contributed by atoms with Crippen molar-refractivity contribution < 1.29 is 13.2 Å². The van der Waals surface area contributed by atoms with Gasteiger partial charge in [-0.15, -0.1) is 6.58 Å². The predicted molar refractivity (Wildman–Crippen MR) is 94.9 cm³/mol. The first kappa shape index (κ1) is 16.7. The quantitative estimate of drug-likeness (QED) is 0.612. The van der Waals surface area contributed by atoms with E-state index in [9.17, 15) is 13.2 Å². The van der Waals surface area contributed by atoms with Gasteiger partial charge in [0.25, 0.3) is 0 Å². The third-order valence-corrected chi connectivity index (χ3v) is 7.26. The van der Waals surface area contributed by atoms with Crippen LogP contribution in [0.5, 0.6) is 0 Å². The molecule has 2 aromatic rings. The van der Waals surface area contributed by atoms with Crippen molar-refractivity contribution in [3.05, 3.63) is 77.9 Å². The van der Waals surface area contributed by atoms with Gasteiger partial charge in [-0.2, -0.15) is 0 Å². The number of hydrogen-bond donors (Lipinski definition) is 0. The molecule has 1 aliphatic rings. The minimum Gasteiger partial charge on any atom is -0.292 e. The average Bonchev–Trinajstić information content (AvgIpc) is 3.32. The fourth-order valence-electron chi connectivity index (χ4n) is 3.11. The molecular weight excluding hydrogens is 320 g/mol. The van der Waals surface area contributed by atoms with E-state index in [2.05, 4.69) is 6.58 Å². The highest BCUT2D eigenvalue weighted by Gasteiger charge is 2.67. The van der Waals surface area contributed by atoms with E-state index in [1.54, 1.807) is 42.5 Å². The second-order valence-electron chi connectivity index (χ2n) is 6.45. The molecule has 1 fully saturated rings. The van der Waals surface area contributed by atoms with Gasteiger partial charge in [-0.05, 0) is 32.4 Å². The second-order valence-corrected chi connectivity index (χ2v) is 8.65. The zero-order chi connectivity index (χ0) is 17.5. The molecule has 4 heteroatoms.